The molecule has 0 bridgehead atoms. The highest BCUT2D eigenvalue weighted by Crippen LogP contribution is 2.31. The third-order valence-corrected chi connectivity index (χ3v) is 4.34. The second kappa shape index (κ2) is 5.98. The summed E-state index contributed by atoms with van der Waals surface area (Å²) in [6, 6.07) is 7.85. The number of imidazole rings is 1. The van der Waals surface area contributed by atoms with E-state index in [0.29, 0.717) is 5.56 Å². The maximum absolute atomic E-state index is 12.7. The number of carbonyl (C=O) groups is 1. The third kappa shape index (κ3) is 2.51. The van der Waals surface area contributed by atoms with Crippen LogP contribution in [0.1, 0.15) is 21.6 Å². The van der Waals surface area contributed by atoms with Crippen LogP contribution in [-0.4, -0.2) is 27.5 Å². The first-order valence-electron chi connectivity index (χ1n) is 8.03. The molecule has 0 aliphatic carbocycles. The van der Waals surface area contributed by atoms with Gasteiger partial charge in [0.1, 0.15) is 5.82 Å². The molecule has 6 nitrogen and oxygen atoms in total. The Kier molecular flexibility index (Phi) is 3.66. The zero-order valence-corrected chi connectivity index (χ0v) is 13.5. The van der Waals surface area contributed by atoms with Crippen LogP contribution >= 0.6 is 0 Å². The highest BCUT2D eigenvalue weighted by Gasteiger charge is 2.25. The largest absolute Gasteiger partial charge is 0.364 e. The van der Waals surface area contributed by atoms with E-state index in [0.717, 1.165) is 42.3 Å². The van der Waals surface area contributed by atoms with Crippen LogP contribution in [0.5, 0.6) is 0 Å². The zero-order chi connectivity index (χ0) is 16.5. The first-order valence-corrected chi connectivity index (χ1v) is 8.03. The van der Waals surface area contributed by atoms with Gasteiger partial charge in [-0.25, -0.2) is 4.98 Å². The Morgan fingerprint density at radius 3 is 2.96 bits per heavy atom. The Balaban J connectivity index is 1.59. The van der Waals surface area contributed by atoms with E-state index in [2.05, 4.69) is 25.2 Å². The van der Waals surface area contributed by atoms with E-state index in [4.69, 9.17) is 0 Å². The fraction of sp³-hybridized carbons (Fsp3) is 0.222. The summed E-state index contributed by atoms with van der Waals surface area (Å²) >= 11 is 0. The van der Waals surface area contributed by atoms with Crippen molar-refractivity contribution < 1.29 is 4.79 Å². The second-order valence-electron chi connectivity index (χ2n) is 5.93. The molecule has 1 aliphatic rings. The van der Waals surface area contributed by atoms with Crippen molar-refractivity contribution in [2.75, 3.05) is 12.4 Å². The maximum atomic E-state index is 12.7. The number of amides is 1. The molecule has 1 aromatic carbocycles. The minimum absolute atomic E-state index is 0.120. The summed E-state index contributed by atoms with van der Waals surface area (Å²) < 4.78 is 2.08. The molecule has 4 rings (SSSR count). The number of H-pyrrole nitrogens is 1. The van der Waals surface area contributed by atoms with Crippen LogP contribution in [0.4, 0.5) is 5.69 Å². The van der Waals surface area contributed by atoms with Crippen LogP contribution in [0.15, 0.2) is 42.9 Å². The Morgan fingerprint density at radius 1 is 1.33 bits per heavy atom. The van der Waals surface area contributed by atoms with E-state index >= 15 is 0 Å². The van der Waals surface area contributed by atoms with E-state index in [1.807, 2.05) is 37.5 Å². The van der Waals surface area contributed by atoms with Crippen molar-refractivity contribution in [3.63, 3.8) is 0 Å². The van der Waals surface area contributed by atoms with Gasteiger partial charge in [-0.1, -0.05) is 12.1 Å². The summed E-state index contributed by atoms with van der Waals surface area (Å²) in [5.74, 6) is 0.734. The molecular weight excluding hydrogens is 302 g/mol. The van der Waals surface area contributed by atoms with Gasteiger partial charge >= 0.3 is 0 Å². The minimum atomic E-state index is -0.120. The normalized spacial score (nSPS) is 12.5. The number of hydrogen-bond acceptors (Lipinski definition) is 3. The number of benzene rings is 1. The molecule has 122 valence electrons. The number of fused-ring (bicyclic) bond motifs is 3. The standard InChI is InChI=1S/C18H19N5O/c1-19-10-12-2-4-13(5-3-12)22-18(24)14-11-21-15-6-8-23-9-7-20-17(23)16(14)15/h2-5,7,9,11,19,21H,6,8,10H2,1H3,(H,22,24). The number of hydrogen-bond donors (Lipinski definition) is 3. The first-order chi connectivity index (χ1) is 11.8. The molecule has 2 aromatic heterocycles. The van der Waals surface area contributed by atoms with Gasteiger partial charge in [0, 0.05) is 49.5 Å². The molecule has 0 saturated carbocycles. The Hall–Kier alpha value is -2.86. The van der Waals surface area contributed by atoms with E-state index in [9.17, 15) is 4.79 Å². The number of aromatic amines is 1. The Bertz CT molecular complexity index is 875. The summed E-state index contributed by atoms with van der Waals surface area (Å²) in [5, 5.41) is 6.08. The fourth-order valence-electron chi connectivity index (χ4n) is 3.16. The molecule has 3 aromatic rings. The van der Waals surface area contributed by atoms with Gasteiger partial charge in [-0.05, 0) is 24.7 Å². The number of nitrogens with one attached hydrogen (secondary N) is 3. The van der Waals surface area contributed by atoms with E-state index in [-0.39, 0.29) is 5.91 Å². The molecule has 0 atom stereocenters. The van der Waals surface area contributed by atoms with E-state index in [1.165, 1.54) is 5.56 Å². The van der Waals surface area contributed by atoms with Gasteiger partial charge in [0.05, 0.1) is 11.1 Å². The Morgan fingerprint density at radius 2 is 2.17 bits per heavy atom. The first kappa shape index (κ1) is 14.7. The van der Waals surface area contributed by atoms with Crippen LogP contribution in [0.3, 0.4) is 0 Å². The lowest BCUT2D eigenvalue weighted by Crippen LogP contribution is -2.15. The second-order valence-corrected chi connectivity index (χ2v) is 5.93. The van der Waals surface area contributed by atoms with Crippen LogP contribution < -0.4 is 10.6 Å². The van der Waals surface area contributed by atoms with Gasteiger partial charge in [-0.15, -0.1) is 0 Å². The zero-order valence-electron chi connectivity index (χ0n) is 13.5. The molecule has 6 heteroatoms. The smallest absolute Gasteiger partial charge is 0.257 e. The fourth-order valence-corrected chi connectivity index (χ4v) is 3.16. The Labute approximate surface area is 139 Å². The van der Waals surface area contributed by atoms with Gasteiger partial charge in [-0.2, -0.15) is 0 Å². The van der Waals surface area contributed by atoms with Gasteiger partial charge < -0.3 is 20.2 Å². The number of anilines is 1. The molecule has 0 saturated heterocycles. The minimum Gasteiger partial charge on any atom is -0.364 e. The third-order valence-electron chi connectivity index (χ3n) is 4.34. The number of nitrogens with zero attached hydrogens (tertiary/aromatic N) is 2. The summed E-state index contributed by atoms with van der Waals surface area (Å²) in [4.78, 5) is 20.3. The quantitative estimate of drug-likeness (QED) is 0.691. The van der Waals surface area contributed by atoms with Crippen molar-refractivity contribution in [3.8, 4) is 11.4 Å². The predicted molar refractivity (Wildman–Crippen MR) is 92.9 cm³/mol. The number of aryl methyl sites for hydroxylation is 2. The molecule has 0 fully saturated rings. The highest BCUT2D eigenvalue weighted by molar-refractivity contribution is 6.08. The topological polar surface area (TPSA) is 74.7 Å². The van der Waals surface area contributed by atoms with Crippen LogP contribution in [0, 0.1) is 0 Å². The van der Waals surface area contributed by atoms with Gasteiger partial charge in [0.25, 0.3) is 5.91 Å². The molecular formula is C18H19N5O. The lowest BCUT2D eigenvalue weighted by molar-refractivity contribution is 0.102. The molecule has 0 radical (unpaired) electrons. The SMILES string of the molecule is CNCc1ccc(NC(=O)c2c[nH]c3c2-c2nccn2CC3)cc1. The van der Waals surface area contributed by atoms with Crippen molar-refractivity contribution >= 4 is 11.6 Å². The lowest BCUT2D eigenvalue weighted by Gasteiger charge is -2.15. The summed E-state index contributed by atoms with van der Waals surface area (Å²) in [7, 11) is 1.91. The van der Waals surface area contributed by atoms with Crippen LogP contribution in [0.25, 0.3) is 11.4 Å². The monoisotopic (exact) mass is 321 g/mol. The van der Waals surface area contributed by atoms with Crippen molar-refractivity contribution in [2.45, 2.75) is 19.5 Å². The van der Waals surface area contributed by atoms with Gasteiger partial charge in [0.15, 0.2) is 0 Å². The summed E-state index contributed by atoms with van der Waals surface area (Å²) in [6.45, 7) is 1.69. The van der Waals surface area contributed by atoms with Crippen LogP contribution in [0.2, 0.25) is 0 Å². The average Bonchev–Trinajstić information content (AvgIpc) is 3.22. The molecule has 3 N–H and O–H groups in total. The predicted octanol–water partition coefficient (Wildman–Crippen LogP) is 2.41. The van der Waals surface area contributed by atoms with Gasteiger partial charge in [0.2, 0.25) is 0 Å². The summed E-state index contributed by atoms with van der Waals surface area (Å²) in [5.41, 5.74) is 4.58. The van der Waals surface area contributed by atoms with E-state index < -0.39 is 0 Å². The van der Waals surface area contributed by atoms with E-state index in [1.54, 1.807) is 12.4 Å². The molecule has 0 unspecified atom stereocenters. The average molecular weight is 321 g/mol. The van der Waals surface area contributed by atoms with Crippen molar-refractivity contribution in [1.29, 1.82) is 0 Å². The molecule has 24 heavy (non-hydrogen) atoms. The number of carbonyl (C=O) groups excluding carboxylic acids is 1. The van der Waals surface area contributed by atoms with Crippen molar-refractivity contribution in [2.24, 2.45) is 0 Å². The lowest BCUT2D eigenvalue weighted by atomic mass is 10.0. The number of aromatic nitrogens is 3. The molecule has 1 aliphatic heterocycles. The van der Waals surface area contributed by atoms with Crippen molar-refractivity contribution in [3.05, 3.63) is 59.7 Å². The van der Waals surface area contributed by atoms with Crippen LogP contribution in [-0.2, 0) is 19.5 Å². The molecule has 3 heterocycles. The number of rotatable bonds is 4. The maximum Gasteiger partial charge on any atom is 0.257 e. The van der Waals surface area contributed by atoms with Crippen molar-refractivity contribution in [1.82, 2.24) is 19.9 Å². The molecule has 0 spiro atoms. The highest BCUT2D eigenvalue weighted by atomic mass is 16.1. The van der Waals surface area contributed by atoms with Gasteiger partial charge in [-0.3, -0.25) is 4.79 Å². The molecule has 1 amide bonds. The summed E-state index contributed by atoms with van der Waals surface area (Å²) in [6.07, 6.45) is 6.39.